The average Bonchev–Trinajstić information content (AvgIpc) is 3.09. The zero-order valence-corrected chi connectivity index (χ0v) is 10.6. The second-order valence-electron chi connectivity index (χ2n) is 5.22. The lowest BCUT2D eigenvalue weighted by Gasteiger charge is -2.23. The summed E-state index contributed by atoms with van der Waals surface area (Å²) in [5.41, 5.74) is 9.47. The van der Waals surface area contributed by atoms with Gasteiger partial charge in [0, 0.05) is 16.4 Å². The van der Waals surface area contributed by atoms with Gasteiger partial charge in [-0.1, -0.05) is 12.1 Å². The highest BCUT2D eigenvalue weighted by Crippen LogP contribution is 2.51. The highest BCUT2D eigenvalue weighted by Gasteiger charge is 2.47. The largest absolute Gasteiger partial charge is 0.327 e. The third-order valence-electron chi connectivity index (χ3n) is 4.15. The van der Waals surface area contributed by atoms with E-state index in [-0.39, 0.29) is 0 Å². The predicted molar refractivity (Wildman–Crippen MR) is 70.0 cm³/mol. The Morgan fingerprint density at radius 2 is 2.19 bits per heavy atom. The van der Waals surface area contributed by atoms with Crippen LogP contribution in [0, 0.1) is 0 Å². The van der Waals surface area contributed by atoms with Crippen molar-refractivity contribution in [2.24, 2.45) is 5.73 Å². The van der Waals surface area contributed by atoms with Gasteiger partial charge in [0.25, 0.3) is 0 Å². The molecule has 1 heterocycles. The summed E-state index contributed by atoms with van der Waals surface area (Å²) < 4.78 is 0. The van der Waals surface area contributed by atoms with E-state index in [1.807, 2.05) is 11.8 Å². The van der Waals surface area contributed by atoms with Crippen LogP contribution in [0.15, 0.2) is 23.1 Å². The van der Waals surface area contributed by atoms with E-state index in [0.29, 0.717) is 11.5 Å². The Morgan fingerprint density at radius 1 is 1.38 bits per heavy atom. The lowest BCUT2D eigenvalue weighted by Crippen LogP contribution is -2.31. The summed E-state index contributed by atoms with van der Waals surface area (Å²) in [5.74, 6) is 1.28. The second kappa shape index (κ2) is 3.78. The summed E-state index contributed by atoms with van der Waals surface area (Å²) in [6.45, 7) is 2.15. The number of hydrogen-bond acceptors (Lipinski definition) is 2. The predicted octanol–water partition coefficient (Wildman–Crippen LogP) is 3.10. The zero-order valence-electron chi connectivity index (χ0n) is 9.83. The molecule has 1 aliphatic heterocycles. The van der Waals surface area contributed by atoms with Crippen molar-refractivity contribution >= 4 is 11.8 Å². The number of benzene rings is 1. The van der Waals surface area contributed by atoms with Crippen LogP contribution >= 0.6 is 11.8 Å². The molecule has 16 heavy (non-hydrogen) atoms. The first-order chi connectivity index (χ1) is 7.72. The fourth-order valence-electron chi connectivity index (χ4n) is 2.79. The van der Waals surface area contributed by atoms with Gasteiger partial charge in [-0.15, -0.1) is 11.8 Å². The van der Waals surface area contributed by atoms with Crippen molar-refractivity contribution in [2.75, 3.05) is 5.75 Å². The third-order valence-corrected chi connectivity index (χ3v) is 5.33. The lowest BCUT2D eigenvalue weighted by molar-refractivity contribution is 0.555. The van der Waals surface area contributed by atoms with Gasteiger partial charge in [0.05, 0.1) is 0 Å². The van der Waals surface area contributed by atoms with Gasteiger partial charge in [-0.25, -0.2) is 0 Å². The SMILES string of the molecule is CC(N)C1(c2ccc3c(c2)SCCC3)CC1. The number of nitrogens with two attached hydrogens (primary N) is 1. The number of fused-ring (bicyclic) bond motifs is 1. The van der Waals surface area contributed by atoms with Crippen molar-refractivity contribution in [3.8, 4) is 0 Å². The first-order valence-electron chi connectivity index (χ1n) is 6.24. The summed E-state index contributed by atoms with van der Waals surface area (Å²) in [6.07, 6.45) is 5.13. The fourth-order valence-corrected chi connectivity index (χ4v) is 3.87. The first kappa shape index (κ1) is 10.7. The maximum Gasteiger partial charge on any atom is 0.0108 e. The fraction of sp³-hybridized carbons (Fsp3) is 0.571. The quantitative estimate of drug-likeness (QED) is 0.849. The minimum absolute atomic E-state index is 0.291. The Labute approximate surface area is 102 Å². The Hall–Kier alpha value is -0.470. The number of hydrogen-bond donors (Lipinski definition) is 1. The zero-order chi connectivity index (χ0) is 11.2. The third kappa shape index (κ3) is 1.59. The number of aryl methyl sites for hydroxylation is 1. The molecule has 1 nitrogen and oxygen atoms in total. The van der Waals surface area contributed by atoms with Crippen molar-refractivity contribution in [3.05, 3.63) is 29.3 Å². The molecule has 2 N–H and O–H groups in total. The molecule has 3 rings (SSSR count). The summed E-state index contributed by atoms with van der Waals surface area (Å²) >= 11 is 2.02. The topological polar surface area (TPSA) is 26.0 Å². The Morgan fingerprint density at radius 3 is 2.88 bits per heavy atom. The van der Waals surface area contributed by atoms with E-state index in [4.69, 9.17) is 5.73 Å². The van der Waals surface area contributed by atoms with E-state index >= 15 is 0 Å². The number of thioether (sulfide) groups is 1. The first-order valence-corrected chi connectivity index (χ1v) is 7.23. The van der Waals surface area contributed by atoms with E-state index in [1.165, 1.54) is 41.9 Å². The molecule has 2 aliphatic rings. The van der Waals surface area contributed by atoms with Crippen molar-refractivity contribution in [3.63, 3.8) is 0 Å². The number of rotatable bonds is 2. The highest BCUT2D eigenvalue weighted by molar-refractivity contribution is 7.99. The molecule has 1 aromatic rings. The molecule has 1 aliphatic carbocycles. The molecule has 0 saturated heterocycles. The molecular formula is C14H19NS. The van der Waals surface area contributed by atoms with Crippen LogP contribution in [-0.4, -0.2) is 11.8 Å². The minimum Gasteiger partial charge on any atom is -0.327 e. The molecule has 0 spiro atoms. The summed E-state index contributed by atoms with van der Waals surface area (Å²) in [6, 6.07) is 7.36. The van der Waals surface area contributed by atoms with E-state index < -0.39 is 0 Å². The van der Waals surface area contributed by atoms with Gasteiger partial charge >= 0.3 is 0 Å². The molecule has 0 radical (unpaired) electrons. The molecule has 0 bridgehead atoms. The smallest absolute Gasteiger partial charge is 0.0108 e. The molecule has 0 aromatic heterocycles. The molecule has 1 unspecified atom stereocenters. The molecule has 2 heteroatoms. The van der Waals surface area contributed by atoms with Gasteiger partial charge < -0.3 is 5.73 Å². The van der Waals surface area contributed by atoms with Gasteiger partial charge in [0.15, 0.2) is 0 Å². The van der Waals surface area contributed by atoms with Crippen LogP contribution in [0.1, 0.15) is 37.3 Å². The van der Waals surface area contributed by atoms with E-state index in [2.05, 4.69) is 25.1 Å². The van der Waals surface area contributed by atoms with Crippen molar-refractivity contribution in [2.45, 2.75) is 49.0 Å². The van der Waals surface area contributed by atoms with Crippen LogP contribution < -0.4 is 5.73 Å². The molecular weight excluding hydrogens is 214 g/mol. The van der Waals surface area contributed by atoms with Crippen LogP contribution in [0.4, 0.5) is 0 Å². The summed E-state index contributed by atoms with van der Waals surface area (Å²) in [7, 11) is 0. The lowest BCUT2D eigenvalue weighted by atomic mass is 9.88. The standard InChI is InChI=1S/C14H19NS/c1-10(15)14(6-7-14)12-5-4-11-3-2-8-16-13(11)9-12/h4-5,9-10H,2-3,6-8,15H2,1H3. The van der Waals surface area contributed by atoms with Crippen LogP contribution in [0.25, 0.3) is 0 Å². The molecule has 86 valence electrons. The van der Waals surface area contributed by atoms with Crippen LogP contribution in [0.3, 0.4) is 0 Å². The normalized spacial score (nSPS) is 23.6. The molecule has 1 saturated carbocycles. The maximum atomic E-state index is 6.13. The molecule has 1 fully saturated rings. The average molecular weight is 233 g/mol. The highest BCUT2D eigenvalue weighted by atomic mass is 32.2. The maximum absolute atomic E-state index is 6.13. The van der Waals surface area contributed by atoms with Crippen LogP contribution in [0.2, 0.25) is 0 Å². The Kier molecular flexibility index (Phi) is 2.52. The van der Waals surface area contributed by atoms with E-state index in [9.17, 15) is 0 Å². The molecule has 1 aromatic carbocycles. The van der Waals surface area contributed by atoms with Gasteiger partial charge in [0.2, 0.25) is 0 Å². The molecule has 0 amide bonds. The summed E-state index contributed by atoms with van der Waals surface area (Å²) in [5, 5.41) is 0. The second-order valence-corrected chi connectivity index (χ2v) is 6.36. The van der Waals surface area contributed by atoms with Gasteiger partial charge in [-0.05, 0) is 55.6 Å². The van der Waals surface area contributed by atoms with Gasteiger partial charge in [-0.2, -0.15) is 0 Å². The Bertz CT molecular complexity index is 407. The van der Waals surface area contributed by atoms with Gasteiger partial charge in [-0.3, -0.25) is 0 Å². The van der Waals surface area contributed by atoms with Crippen LogP contribution in [0.5, 0.6) is 0 Å². The molecule has 1 atom stereocenters. The van der Waals surface area contributed by atoms with E-state index in [0.717, 1.165) is 0 Å². The minimum atomic E-state index is 0.291. The Balaban J connectivity index is 1.97. The summed E-state index contributed by atoms with van der Waals surface area (Å²) in [4.78, 5) is 1.51. The van der Waals surface area contributed by atoms with Crippen molar-refractivity contribution < 1.29 is 0 Å². The van der Waals surface area contributed by atoms with Crippen molar-refractivity contribution in [1.29, 1.82) is 0 Å². The van der Waals surface area contributed by atoms with Gasteiger partial charge in [0.1, 0.15) is 0 Å². The van der Waals surface area contributed by atoms with Crippen molar-refractivity contribution in [1.82, 2.24) is 0 Å². The van der Waals surface area contributed by atoms with Crippen LogP contribution in [-0.2, 0) is 11.8 Å². The van der Waals surface area contributed by atoms with E-state index in [1.54, 1.807) is 5.56 Å². The monoisotopic (exact) mass is 233 g/mol.